The van der Waals surface area contributed by atoms with E-state index >= 15 is 8.78 Å². The van der Waals surface area contributed by atoms with Crippen LogP contribution in [-0.4, -0.2) is 40.0 Å². The van der Waals surface area contributed by atoms with E-state index in [-0.39, 0.29) is 24.0 Å². The molecule has 2 saturated heterocycles. The van der Waals surface area contributed by atoms with E-state index in [0.29, 0.717) is 25.0 Å². The maximum absolute atomic E-state index is 15.4. The largest absolute Gasteiger partial charge is 0.393 e. The topological polar surface area (TPSA) is 69.6 Å². The van der Waals surface area contributed by atoms with E-state index < -0.39 is 64.6 Å². The number of nitrogens with zero attached hydrogens (tertiary/aromatic N) is 1. The fourth-order valence-corrected chi connectivity index (χ4v) is 4.69. The van der Waals surface area contributed by atoms with Gasteiger partial charge in [-0.05, 0) is 50.3 Å². The molecule has 0 spiro atoms. The zero-order chi connectivity index (χ0) is 24.1. The van der Waals surface area contributed by atoms with Crippen LogP contribution in [-0.2, 0) is 10.7 Å². The molecule has 2 aromatic rings. The van der Waals surface area contributed by atoms with Crippen molar-refractivity contribution in [2.45, 2.75) is 56.7 Å². The van der Waals surface area contributed by atoms with Gasteiger partial charge in [0.15, 0.2) is 17.5 Å². The van der Waals surface area contributed by atoms with Crippen molar-refractivity contribution in [2.75, 3.05) is 5.32 Å². The van der Waals surface area contributed by atoms with Crippen LogP contribution >= 0.6 is 0 Å². The summed E-state index contributed by atoms with van der Waals surface area (Å²) in [5.74, 6) is -11.0. The van der Waals surface area contributed by atoms with Crippen molar-refractivity contribution in [1.82, 2.24) is 4.90 Å². The van der Waals surface area contributed by atoms with E-state index in [1.807, 2.05) is 0 Å². The Morgan fingerprint density at radius 1 is 1.03 bits per heavy atom. The summed E-state index contributed by atoms with van der Waals surface area (Å²) >= 11 is 0. The molecule has 5 nitrogen and oxygen atoms in total. The molecule has 4 rings (SSSR count). The first-order valence-corrected chi connectivity index (χ1v) is 10.4. The lowest BCUT2D eigenvalue weighted by molar-refractivity contribution is -0.165. The second kappa shape index (κ2) is 8.40. The first-order valence-electron chi connectivity index (χ1n) is 10.4. The highest BCUT2D eigenvalue weighted by Gasteiger charge is 2.52. The van der Waals surface area contributed by atoms with Crippen LogP contribution in [0.15, 0.2) is 30.3 Å². The van der Waals surface area contributed by atoms with Gasteiger partial charge in [-0.1, -0.05) is 6.07 Å². The molecule has 0 aliphatic carbocycles. The molecule has 33 heavy (non-hydrogen) atoms. The summed E-state index contributed by atoms with van der Waals surface area (Å²) in [6.45, 7) is 1.37. The maximum Gasteiger partial charge on any atom is 0.350 e. The number of alkyl halides is 2. The van der Waals surface area contributed by atoms with E-state index in [4.69, 9.17) is 0 Å². The lowest BCUT2D eigenvalue weighted by Crippen LogP contribution is -2.53. The molecule has 0 saturated carbocycles. The number of carbonyl (C=O) groups is 2. The van der Waals surface area contributed by atoms with Crippen LogP contribution < -0.4 is 5.32 Å². The molecule has 0 aromatic heterocycles. The molecule has 1 unspecified atom stereocenters. The Morgan fingerprint density at radius 2 is 1.61 bits per heavy atom. The van der Waals surface area contributed by atoms with Crippen molar-refractivity contribution >= 4 is 17.5 Å². The van der Waals surface area contributed by atoms with E-state index in [1.54, 1.807) is 0 Å². The monoisotopic (exact) mass is 468 g/mol. The molecule has 2 aromatic carbocycles. The highest BCUT2D eigenvalue weighted by atomic mass is 19.3. The number of hydrogen-bond acceptors (Lipinski definition) is 3. The summed E-state index contributed by atoms with van der Waals surface area (Å²) in [4.78, 5) is 26.6. The molecule has 2 bridgehead atoms. The Bertz CT molecular complexity index is 1090. The predicted molar refractivity (Wildman–Crippen MR) is 108 cm³/mol. The molecule has 2 amide bonds. The number of aliphatic hydroxyl groups excluding tert-OH is 1. The summed E-state index contributed by atoms with van der Waals surface area (Å²) in [6.07, 6.45) is 0.927. The summed E-state index contributed by atoms with van der Waals surface area (Å²) < 4.78 is 70.6. The number of aliphatic hydroxyl groups is 1. The van der Waals surface area contributed by atoms with Crippen LogP contribution in [0.3, 0.4) is 0 Å². The molecule has 2 N–H and O–H groups in total. The normalized spacial score (nSPS) is 22.4. The maximum atomic E-state index is 15.4. The van der Waals surface area contributed by atoms with Gasteiger partial charge in [0.1, 0.15) is 0 Å². The fraction of sp³-hybridized carbons (Fsp3) is 0.391. The molecule has 3 atom stereocenters. The van der Waals surface area contributed by atoms with Crippen LogP contribution in [0.1, 0.15) is 47.2 Å². The zero-order valence-electron chi connectivity index (χ0n) is 17.5. The third-order valence-corrected chi connectivity index (χ3v) is 6.29. The number of fused-ring (bicyclic) bond motifs is 2. The van der Waals surface area contributed by atoms with Crippen LogP contribution in [0, 0.1) is 24.4 Å². The Labute approximate surface area is 186 Å². The van der Waals surface area contributed by atoms with Gasteiger partial charge in [0, 0.05) is 41.0 Å². The van der Waals surface area contributed by atoms with Crippen molar-refractivity contribution in [3.63, 3.8) is 0 Å². The minimum Gasteiger partial charge on any atom is -0.393 e. The van der Waals surface area contributed by atoms with Crippen LogP contribution in [0.5, 0.6) is 0 Å². The van der Waals surface area contributed by atoms with Gasteiger partial charge in [-0.15, -0.1) is 0 Å². The lowest BCUT2D eigenvalue weighted by atomic mass is 9.95. The standard InChI is InChI=1S/C23H21F5N2O3/c1-11-2-3-12(21(32)29-13-7-18(24)20(26)19(25)8-13)6-17(11)23(27,28)22(33)30-14-4-5-15(30)10-16(31)9-14/h2-3,6-8,14-16,31H,4-5,9-10H2,1H3,(H,29,32)/t14-,15+,16?. The first-order chi connectivity index (χ1) is 15.5. The fourth-order valence-electron chi connectivity index (χ4n) is 4.69. The molecule has 2 aliphatic heterocycles. The van der Waals surface area contributed by atoms with E-state index in [1.165, 1.54) is 19.1 Å². The van der Waals surface area contributed by atoms with Gasteiger partial charge in [0.2, 0.25) is 0 Å². The van der Waals surface area contributed by atoms with Gasteiger partial charge in [-0.3, -0.25) is 9.59 Å². The van der Waals surface area contributed by atoms with Crippen molar-refractivity contribution in [3.8, 4) is 0 Å². The second-order valence-corrected chi connectivity index (χ2v) is 8.53. The third kappa shape index (κ3) is 4.19. The average Bonchev–Trinajstić information content (AvgIpc) is 3.02. The van der Waals surface area contributed by atoms with E-state index in [0.717, 1.165) is 11.0 Å². The van der Waals surface area contributed by atoms with Gasteiger partial charge in [-0.25, -0.2) is 13.2 Å². The molecular weight excluding hydrogens is 447 g/mol. The van der Waals surface area contributed by atoms with Crippen molar-refractivity contribution in [3.05, 3.63) is 64.5 Å². The zero-order valence-corrected chi connectivity index (χ0v) is 17.5. The highest BCUT2D eigenvalue weighted by Crippen LogP contribution is 2.41. The SMILES string of the molecule is Cc1ccc(C(=O)Nc2cc(F)c(F)c(F)c2)cc1C(F)(F)C(=O)N1[C@@H]2CC[C@H]1CC(O)C2. The number of carbonyl (C=O) groups excluding carboxylic acids is 2. The van der Waals surface area contributed by atoms with Gasteiger partial charge < -0.3 is 15.3 Å². The molecule has 2 fully saturated rings. The van der Waals surface area contributed by atoms with Gasteiger partial charge in [-0.2, -0.15) is 8.78 Å². The van der Waals surface area contributed by atoms with Gasteiger partial charge in [0.05, 0.1) is 6.10 Å². The smallest absolute Gasteiger partial charge is 0.350 e. The first kappa shape index (κ1) is 23.2. The number of rotatable bonds is 4. The molecule has 0 radical (unpaired) electrons. The third-order valence-electron chi connectivity index (χ3n) is 6.29. The Hall–Kier alpha value is -3.01. The van der Waals surface area contributed by atoms with Crippen LogP contribution in [0.25, 0.3) is 0 Å². The minimum absolute atomic E-state index is 0.0770. The van der Waals surface area contributed by atoms with Crippen molar-refractivity contribution < 1.29 is 36.6 Å². The molecule has 2 heterocycles. The van der Waals surface area contributed by atoms with E-state index in [2.05, 4.69) is 5.32 Å². The predicted octanol–water partition coefficient (Wildman–Crippen LogP) is 4.27. The van der Waals surface area contributed by atoms with Crippen LogP contribution in [0.2, 0.25) is 0 Å². The van der Waals surface area contributed by atoms with Crippen molar-refractivity contribution in [1.29, 1.82) is 0 Å². The number of nitrogens with one attached hydrogen (secondary N) is 1. The summed E-state index contributed by atoms with van der Waals surface area (Å²) in [5, 5.41) is 12.0. The quantitative estimate of drug-likeness (QED) is 0.520. The second-order valence-electron chi connectivity index (χ2n) is 8.53. The van der Waals surface area contributed by atoms with Crippen molar-refractivity contribution in [2.24, 2.45) is 0 Å². The molecule has 10 heteroatoms. The highest BCUT2D eigenvalue weighted by molar-refractivity contribution is 6.04. The molecular formula is C23H21F5N2O3. The summed E-state index contributed by atoms with van der Waals surface area (Å²) in [5.41, 5.74) is -1.26. The number of amides is 2. The molecule has 176 valence electrons. The summed E-state index contributed by atoms with van der Waals surface area (Å²) in [6, 6.07) is 3.52. The minimum atomic E-state index is -3.93. The lowest BCUT2D eigenvalue weighted by Gasteiger charge is -2.39. The van der Waals surface area contributed by atoms with Gasteiger partial charge >= 0.3 is 5.92 Å². The molecule has 2 aliphatic rings. The van der Waals surface area contributed by atoms with Gasteiger partial charge in [0.25, 0.3) is 11.8 Å². The number of aryl methyl sites for hydroxylation is 1. The Balaban J connectivity index is 1.60. The average molecular weight is 468 g/mol. The Kier molecular flexibility index (Phi) is 5.90. The number of anilines is 1. The number of halogens is 5. The number of benzene rings is 2. The van der Waals surface area contributed by atoms with E-state index in [9.17, 15) is 27.9 Å². The Morgan fingerprint density at radius 3 is 2.18 bits per heavy atom. The van der Waals surface area contributed by atoms with Crippen LogP contribution in [0.4, 0.5) is 27.6 Å². The number of hydrogen-bond donors (Lipinski definition) is 2. The number of piperidine rings is 1. The summed E-state index contributed by atoms with van der Waals surface area (Å²) in [7, 11) is 0.